The zero-order valence-corrected chi connectivity index (χ0v) is 15.2. The van der Waals surface area contributed by atoms with Crippen LogP contribution in [0.1, 0.15) is 68.0 Å². The summed E-state index contributed by atoms with van der Waals surface area (Å²) in [4.78, 5) is 4.32. The standard InChI is InChI=1S/C20H24F3N3O/c21-20(22,23)16-12-15(10-9-14(16)8-7-13-4-1-2-5-13)18-25-19(27-26-18)17-6-3-11-24-17/h9-10,12-13,17,24H,1-8,11H2/t17-/m0/s1. The predicted molar refractivity (Wildman–Crippen MR) is 95.0 cm³/mol. The van der Waals surface area contributed by atoms with Crippen molar-refractivity contribution in [1.82, 2.24) is 15.5 Å². The maximum Gasteiger partial charge on any atom is 0.416 e. The number of hydrogen-bond acceptors (Lipinski definition) is 4. The first-order valence-corrected chi connectivity index (χ1v) is 9.78. The molecule has 0 spiro atoms. The lowest BCUT2D eigenvalue weighted by Gasteiger charge is -2.15. The first-order chi connectivity index (χ1) is 13.0. The quantitative estimate of drug-likeness (QED) is 0.766. The van der Waals surface area contributed by atoms with E-state index in [-0.39, 0.29) is 11.9 Å². The highest BCUT2D eigenvalue weighted by molar-refractivity contribution is 5.57. The number of aromatic nitrogens is 2. The summed E-state index contributed by atoms with van der Waals surface area (Å²) < 4.78 is 46.1. The molecule has 0 amide bonds. The summed E-state index contributed by atoms with van der Waals surface area (Å²) in [6.45, 7) is 0.885. The van der Waals surface area contributed by atoms with Crippen molar-refractivity contribution in [2.45, 2.75) is 63.6 Å². The Bertz CT molecular complexity index is 775. The molecule has 1 saturated carbocycles. The fourth-order valence-corrected chi connectivity index (χ4v) is 4.25. The van der Waals surface area contributed by atoms with E-state index in [0.717, 1.165) is 38.6 Å². The van der Waals surface area contributed by atoms with Gasteiger partial charge in [0.15, 0.2) is 0 Å². The van der Waals surface area contributed by atoms with Gasteiger partial charge in [0.25, 0.3) is 0 Å². The van der Waals surface area contributed by atoms with Crippen LogP contribution in [0, 0.1) is 5.92 Å². The van der Waals surface area contributed by atoms with E-state index in [0.29, 0.717) is 29.4 Å². The summed E-state index contributed by atoms with van der Waals surface area (Å²) in [5.74, 6) is 1.22. The van der Waals surface area contributed by atoms with Crippen molar-refractivity contribution < 1.29 is 17.7 Å². The van der Waals surface area contributed by atoms with Gasteiger partial charge in [-0.15, -0.1) is 0 Å². The van der Waals surface area contributed by atoms with Crippen molar-refractivity contribution in [3.8, 4) is 11.4 Å². The van der Waals surface area contributed by atoms with Gasteiger partial charge in [0, 0.05) is 5.56 Å². The van der Waals surface area contributed by atoms with Gasteiger partial charge < -0.3 is 9.84 Å². The first kappa shape index (κ1) is 18.5. The van der Waals surface area contributed by atoms with Gasteiger partial charge in [-0.1, -0.05) is 43.0 Å². The Balaban J connectivity index is 1.56. The number of nitrogens with zero attached hydrogens (tertiary/aromatic N) is 2. The fourth-order valence-electron chi connectivity index (χ4n) is 4.25. The maximum absolute atomic E-state index is 13.6. The first-order valence-electron chi connectivity index (χ1n) is 9.78. The van der Waals surface area contributed by atoms with E-state index in [2.05, 4.69) is 15.5 Å². The lowest BCUT2D eigenvalue weighted by atomic mass is 9.94. The van der Waals surface area contributed by atoms with E-state index in [1.54, 1.807) is 12.1 Å². The predicted octanol–water partition coefficient (Wildman–Crippen LogP) is 5.30. The molecule has 2 heterocycles. The summed E-state index contributed by atoms with van der Waals surface area (Å²) in [6, 6.07) is 4.42. The average Bonchev–Trinajstić information content (AvgIpc) is 3.41. The van der Waals surface area contributed by atoms with Crippen LogP contribution in [0.5, 0.6) is 0 Å². The molecule has 1 aliphatic heterocycles. The third-order valence-corrected chi connectivity index (χ3v) is 5.77. The molecule has 0 unspecified atom stereocenters. The van der Waals surface area contributed by atoms with Gasteiger partial charge in [0.05, 0.1) is 11.6 Å². The summed E-state index contributed by atoms with van der Waals surface area (Å²) in [6.07, 6.45) is 3.50. The zero-order valence-electron chi connectivity index (χ0n) is 15.2. The van der Waals surface area contributed by atoms with Crippen LogP contribution >= 0.6 is 0 Å². The molecule has 0 bridgehead atoms. The normalized spacial score (nSPS) is 21.2. The van der Waals surface area contributed by atoms with E-state index in [1.165, 1.54) is 18.9 Å². The Labute approximate surface area is 156 Å². The molecule has 1 saturated heterocycles. The van der Waals surface area contributed by atoms with Crippen molar-refractivity contribution in [3.05, 3.63) is 35.2 Å². The molecule has 0 radical (unpaired) electrons. The molecule has 146 valence electrons. The molecule has 1 aliphatic carbocycles. The highest BCUT2D eigenvalue weighted by Crippen LogP contribution is 2.37. The topological polar surface area (TPSA) is 51.0 Å². The Morgan fingerprint density at radius 2 is 1.93 bits per heavy atom. The van der Waals surface area contributed by atoms with E-state index in [4.69, 9.17) is 4.52 Å². The Kier molecular flexibility index (Phi) is 5.21. The molecule has 7 heteroatoms. The zero-order chi connectivity index (χ0) is 18.9. The molecule has 2 fully saturated rings. The van der Waals surface area contributed by atoms with Crippen LogP contribution < -0.4 is 5.32 Å². The number of benzene rings is 1. The smallest absolute Gasteiger partial charge is 0.337 e. The van der Waals surface area contributed by atoms with E-state index < -0.39 is 11.7 Å². The Morgan fingerprint density at radius 3 is 2.63 bits per heavy atom. The summed E-state index contributed by atoms with van der Waals surface area (Å²) in [5, 5.41) is 7.15. The van der Waals surface area contributed by atoms with Crippen LogP contribution in [0.25, 0.3) is 11.4 Å². The van der Waals surface area contributed by atoms with Crippen molar-refractivity contribution in [2.75, 3.05) is 6.54 Å². The van der Waals surface area contributed by atoms with Crippen molar-refractivity contribution in [1.29, 1.82) is 0 Å². The minimum absolute atomic E-state index is 0.000906. The molecule has 1 atom stereocenters. The fraction of sp³-hybridized carbons (Fsp3) is 0.600. The number of hydrogen-bond donors (Lipinski definition) is 1. The Hall–Kier alpha value is -1.89. The number of aryl methyl sites for hydroxylation is 1. The number of halogens is 3. The van der Waals surface area contributed by atoms with Crippen molar-refractivity contribution in [2.24, 2.45) is 5.92 Å². The molecule has 4 nitrogen and oxygen atoms in total. The molecule has 2 aromatic rings. The van der Waals surface area contributed by atoms with Gasteiger partial charge in [0.2, 0.25) is 11.7 Å². The monoisotopic (exact) mass is 379 g/mol. The summed E-state index contributed by atoms with van der Waals surface area (Å²) >= 11 is 0. The molecule has 2 aliphatic rings. The highest BCUT2D eigenvalue weighted by atomic mass is 19.4. The van der Waals surface area contributed by atoms with Crippen LogP contribution in [0.3, 0.4) is 0 Å². The van der Waals surface area contributed by atoms with E-state index >= 15 is 0 Å². The van der Waals surface area contributed by atoms with Crippen LogP contribution in [0.15, 0.2) is 22.7 Å². The maximum atomic E-state index is 13.6. The third-order valence-electron chi connectivity index (χ3n) is 5.77. The van der Waals surface area contributed by atoms with Crippen molar-refractivity contribution >= 4 is 0 Å². The van der Waals surface area contributed by atoms with Crippen LogP contribution in [0.2, 0.25) is 0 Å². The number of rotatable bonds is 5. The molecule has 4 rings (SSSR count). The number of nitrogens with one attached hydrogen (secondary N) is 1. The SMILES string of the molecule is FC(F)(F)c1cc(-c2noc([C@@H]3CCCN3)n2)ccc1CCC1CCCC1. The van der Waals surface area contributed by atoms with Gasteiger partial charge in [-0.05, 0) is 49.8 Å². The molecular weight excluding hydrogens is 355 g/mol. The second kappa shape index (κ2) is 7.62. The van der Waals surface area contributed by atoms with Crippen LogP contribution in [-0.4, -0.2) is 16.7 Å². The third kappa shape index (κ3) is 4.18. The second-order valence-electron chi connectivity index (χ2n) is 7.66. The minimum atomic E-state index is -4.39. The summed E-state index contributed by atoms with van der Waals surface area (Å²) in [5.41, 5.74) is 0.127. The van der Waals surface area contributed by atoms with Gasteiger partial charge >= 0.3 is 6.18 Å². The highest BCUT2D eigenvalue weighted by Gasteiger charge is 2.34. The van der Waals surface area contributed by atoms with Crippen LogP contribution in [0.4, 0.5) is 13.2 Å². The second-order valence-corrected chi connectivity index (χ2v) is 7.66. The van der Waals surface area contributed by atoms with Crippen LogP contribution in [-0.2, 0) is 12.6 Å². The molecule has 1 N–H and O–H groups in total. The lowest BCUT2D eigenvalue weighted by Crippen LogP contribution is -2.13. The van der Waals surface area contributed by atoms with Crippen molar-refractivity contribution in [3.63, 3.8) is 0 Å². The lowest BCUT2D eigenvalue weighted by molar-refractivity contribution is -0.138. The molecular formula is C20H24F3N3O. The summed E-state index contributed by atoms with van der Waals surface area (Å²) in [7, 11) is 0. The van der Waals surface area contributed by atoms with Gasteiger partial charge in [0.1, 0.15) is 0 Å². The van der Waals surface area contributed by atoms with Gasteiger partial charge in [-0.2, -0.15) is 18.2 Å². The van der Waals surface area contributed by atoms with Gasteiger partial charge in [-0.3, -0.25) is 0 Å². The van der Waals surface area contributed by atoms with E-state index in [9.17, 15) is 13.2 Å². The van der Waals surface area contributed by atoms with E-state index in [1.807, 2.05) is 0 Å². The molecule has 1 aromatic carbocycles. The number of alkyl halides is 3. The average molecular weight is 379 g/mol. The minimum Gasteiger partial charge on any atom is -0.337 e. The Morgan fingerprint density at radius 1 is 1.11 bits per heavy atom. The van der Waals surface area contributed by atoms with Gasteiger partial charge in [-0.25, -0.2) is 0 Å². The molecule has 1 aromatic heterocycles. The molecule has 27 heavy (non-hydrogen) atoms. The largest absolute Gasteiger partial charge is 0.416 e.